The molecular weight excluding hydrogens is 72.1 g/mol. The van der Waals surface area contributed by atoms with Gasteiger partial charge in [0.15, 0.2) is 0 Å². The predicted octanol–water partition coefficient (Wildman–Crippen LogP) is -0.00530. The lowest BCUT2D eigenvalue weighted by Gasteiger charge is -1.87. The Labute approximate surface area is 33.4 Å². The Morgan fingerprint density at radius 2 is 2.50 bits per heavy atom. The van der Waals surface area contributed by atoms with E-state index in [0.717, 1.165) is 6.26 Å². The Kier molecular flexibility index (Phi) is 0.478. The van der Waals surface area contributed by atoms with Gasteiger partial charge in [-0.3, -0.25) is 0 Å². The van der Waals surface area contributed by atoms with Gasteiger partial charge in [0.25, 0.3) is 0 Å². The summed E-state index contributed by atoms with van der Waals surface area (Å²) < 4.78 is 29.3. The summed E-state index contributed by atoms with van der Waals surface area (Å²) in [6.45, 7) is 0. The van der Waals surface area contributed by atoms with Crippen molar-refractivity contribution in [2.45, 2.75) is 0 Å². The second-order valence-electron chi connectivity index (χ2n) is 0.454. The van der Waals surface area contributed by atoms with Crippen LogP contribution in [0.4, 0.5) is 0 Å². The average molecular weight is 81.2 g/mol. The van der Waals surface area contributed by atoms with Crippen LogP contribution in [0.3, 0.4) is 0 Å². The largest absolute Gasteiger partial charge is 0.617 e. The molecule has 0 aliphatic heterocycles. The molecule has 26 valence electrons. The highest BCUT2D eigenvalue weighted by molar-refractivity contribution is 7.89. The van der Waals surface area contributed by atoms with Gasteiger partial charge in [-0.1, -0.05) is 11.2 Å². The van der Waals surface area contributed by atoms with E-state index in [9.17, 15) is 4.55 Å². The van der Waals surface area contributed by atoms with Gasteiger partial charge in [0.05, 0.1) is 16.6 Å². The molecule has 0 radical (unpaired) electrons. The maximum absolute atomic E-state index is 10.0. The highest BCUT2D eigenvalue weighted by atomic mass is 32.2. The van der Waals surface area contributed by atoms with Crippen molar-refractivity contribution in [3.05, 3.63) is 0 Å². The molecule has 1 atom stereocenters. The van der Waals surface area contributed by atoms with E-state index in [0.29, 0.717) is 0 Å². The van der Waals surface area contributed by atoms with Crippen molar-refractivity contribution >= 4 is 11.2 Å². The average Bonchev–Trinajstić information content (AvgIpc) is 1.31. The van der Waals surface area contributed by atoms with Gasteiger partial charge in [0, 0.05) is 0 Å². The maximum atomic E-state index is 10.0. The van der Waals surface area contributed by atoms with Gasteiger partial charge >= 0.3 is 0 Å². The molecule has 0 saturated heterocycles. The third-order valence-electron chi connectivity index (χ3n) is 0. The molecule has 0 spiro atoms. The molecule has 0 aromatic heterocycles. The molecular formula is C2H6OS. The van der Waals surface area contributed by atoms with Crippen LogP contribution in [-0.4, -0.2) is 17.0 Å². The Bertz CT molecular complexity index is 58.4. The van der Waals surface area contributed by atoms with Crippen LogP contribution in [0.5, 0.6) is 0 Å². The topological polar surface area (TPSA) is 23.1 Å². The van der Waals surface area contributed by atoms with Crippen molar-refractivity contribution in [3.8, 4) is 0 Å². The molecule has 0 rings (SSSR count). The summed E-state index contributed by atoms with van der Waals surface area (Å²) in [5.74, 6) is 0. The first-order valence-electron chi connectivity index (χ1n) is 2.28. The molecule has 1 unspecified atom stereocenters. The van der Waals surface area contributed by atoms with Crippen LogP contribution in [0.25, 0.3) is 0 Å². The molecule has 0 aliphatic carbocycles. The summed E-state index contributed by atoms with van der Waals surface area (Å²) in [7, 11) is 0. The second kappa shape index (κ2) is 1.61. The standard InChI is InChI=1S/C2H6OS/c1-4(2)3/h1-2H3/i1D3. The molecule has 0 aliphatic rings. The lowest BCUT2D eigenvalue weighted by atomic mass is 11.9. The second-order valence-corrected chi connectivity index (χ2v) is 1.36. The van der Waals surface area contributed by atoms with Gasteiger partial charge in [-0.05, 0) is 0 Å². The Morgan fingerprint density at radius 1 is 2.25 bits per heavy atom. The predicted molar refractivity (Wildman–Crippen MR) is 20.0 cm³/mol. The molecule has 0 aromatic rings. The van der Waals surface area contributed by atoms with Crippen LogP contribution >= 0.6 is 0 Å². The molecule has 0 heterocycles. The van der Waals surface area contributed by atoms with Crippen molar-refractivity contribution in [3.63, 3.8) is 0 Å². The molecule has 4 heavy (non-hydrogen) atoms. The number of hydrogen-bond donors (Lipinski definition) is 0. The van der Waals surface area contributed by atoms with E-state index in [1.807, 2.05) is 0 Å². The summed E-state index contributed by atoms with van der Waals surface area (Å²) in [5, 5.41) is 0. The molecule has 0 saturated carbocycles. The fourth-order valence-corrected chi connectivity index (χ4v) is 0. The zero-order valence-electron chi connectivity index (χ0n) is 5.32. The monoisotopic (exact) mass is 81.0 g/mol. The molecule has 0 fully saturated rings. The van der Waals surface area contributed by atoms with Crippen molar-refractivity contribution in [2.75, 3.05) is 12.4 Å². The van der Waals surface area contributed by atoms with Crippen molar-refractivity contribution in [2.24, 2.45) is 0 Å². The lowest BCUT2D eigenvalue weighted by Crippen LogP contribution is -1.86. The fraction of sp³-hybridized carbons (Fsp3) is 1.00. The SMILES string of the molecule is [2H]C([2H])([2H])[S+](C)[O-]. The maximum Gasteiger partial charge on any atom is 0.0946 e. The molecule has 0 N–H and O–H groups in total. The Balaban J connectivity index is 3.54. The van der Waals surface area contributed by atoms with Gasteiger partial charge in [-0.25, -0.2) is 0 Å². The fourth-order valence-electron chi connectivity index (χ4n) is 0. The van der Waals surface area contributed by atoms with Crippen molar-refractivity contribution < 1.29 is 8.67 Å². The van der Waals surface area contributed by atoms with Gasteiger partial charge in [0.2, 0.25) is 0 Å². The summed E-state index contributed by atoms with van der Waals surface area (Å²) >= 11 is -1.68. The quantitative estimate of drug-likeness (QED) is 0.376. The Morgan fingerprint density at radius 3 is 2.50 bits per heavy atom. The van der Waals surface area contributed by atoms with Crippen LogP contribution < -0.4 is 0 Å². The smallest absolute Gasteiger partial charge is 0.0946 e. The first kappa shape index (κ1) is 1.19. The third-order valence-corrected chi connectivity index (χ3v) is 0. The Hall–Kier alpha value is 0.310. The van der Waals surface area contributed by atoms with Crippen molar-refractivity contribution in [1.29, 1.82) is 0 Å². The van der Waals surface area contributed by atoms with E-state index in [1.54, 1.807) is 0 Å². The third kappa shape index (κ3) is 41.3. The van der Waals surface area contributed by atoms with Crippen LogP contribution in [0.1, 0.15) is 4.11 Å². The summed E-state index contributed by atoms with van der Waals surface area (Å²) in [5.41, 5.74) is 0. The van der Waals surface area contributed by atoms with E-state index in [2.05, 4.69) is 0 Å². The summed E-state index contributed by atoms with van der Waals surface area (Å²) in [6.07, 6.45) is -1.12. The van der Waals surface area contributed by atoms with Crippen molar-refractivity contribution in [1.82, 2.24) is 0 Å². The first-order valence-corrected chi connectivity index (χ1v) is 2.34. The van der Waals surface area contributed by atoms with Crippen LogP contribution in [0.15, 0.2) is 0 Å². The van der Waals surface area contributed by atoms with Gasteiger partial charge in [0.1, 0.15) is 0 Å². The minimum Gasteiger partial charge on any atom is -0.617 e. The molecule has 0 bridgehead atoms. The zero-order chi connectivity index (χ0) is 6.08. The first-order chi connectivity index (χ1) is 2.94. The van der Waals surface area contributed by atoms with Gasteiger partial charge in [-0.2, -0.15) is 0 Å². The van der Waals surface area contributed by atoms with Crippen LogP contribution in [0, 0.1) is 0 Å². The summed E-state index contributed by atoms with van der Waals surface area (Å²) in [4.78, 5) is 0. The van der Waals surface area contributed by atoms with Crippen LogP contribution in [0.2, 0.25) is 0 Å². The molecule has 2 heteroatoms. The van der Waals surface area contributed by atoms with Gasteiger partial charge < -0.3 is 4.55 Å². The highest BCUT2D eigenvalue weighted by Gasteiger charge is 1.66. The van der Waals surface area contributed by atoms with E-state index in [-0.39, 0.29) is 0 Å². The minimum atomic E-state index is -2.28. The normalized spacial score (nSPS) is 30.0. The van der Waals surface area contributed by atoms with Gasteiger partial charge in [-0.15, -0.1) is 0 Å². The van der Waals surface area contributed by atoms with E-state index < -0.39 is 17.4 Å². The number of rotatable bonds is 0. The minimum absolute atomic E-state index is 1.16. The van der Waals surface area contributed by atoms with E-state index >= 15 is 0 Å². The zero-order valence-corrected chi connectivity index (χ0v) is 3.13. The molecule has 0 aromatic carbocycles. The molecule has 0 amide bonds. The van der Waals surface area contributed by atoms with E-state index in [4.69, 9.17) is 4.11 Å². The lowest BCUT2D eigenvalue weighted by molar-refractivity contribution is 0.606. The molecule has 1 nitrogen and oxygen atoms in total. The summed E-state index contributed by atoms with van der Waals surface area (Å²) in [6, 6.07) is 0. The van der Waals surface area contributed by atoms with E-state index in [1.165, 1.54) is 0 Å². The number of hydrogen-bond acceptors (Lipinski definition) is 1. The van der Waals surface area contributed by atoms with Crippen LogP contribution in [-0.2, 0) is 11.2 Å². The highest BCUT2D eigenvalue weighted by Crippen LogP contribution is 1.61.